The molecule has 2 rings (SSSR count). The highest BCUT2D eigenvalue weighted by Crippen LogP contribution is 2.29. The molecule has 1 aromatic rings. The minimum Gasteiger partial charge on any atom is -0.493 e. The molecule has 1 aliphatic rings. The summed E-state index contributed by atoms with van der Waals surface area (Å²) in [5.41, 5.74) is 0.660. The number of carbonyl (C=O) groups excluding carboxylic acids is 1. The average Bonchev–Trinajstić information content (AvgIpc) is 2.86. The number of amides is 1. The third-order valence-electron chi connectivity index (χ3n) is 2.92. The second-order valence-corrected chi connectivity index (χ2v) is 5.62. The van der Waals surface area contributed by atoms with Gasteiger partial charge in [0.1, 0.15) is 5.25 Å². The molecule has 1 atom stereocenters. The molecule has 0 bridgehead atoms. The fourth-order valence-corrected chi connectivity index (χ4v) is 2.82. The summed E-state index contributed by atoms with van der Waals surface area (Å²) in [6, 6.07) is 5.31. The first-order valence-corrected chi connectivity index (χ1v) is 7.44. The molecule has 0 spiro atoms. The molecule has 1 aromatic carbocycles. The number of nitrogens with one attached hydrogen (secondary N) is 1. The third-order valence-corrected chi connectivity index (χ3v) is 3.99. The first-order valence-electron chi connectivity index (χ1n) is 6.56. The maximum atomic E-state index is 11.6. The number of nitrogens with zero attached hydrogens (tertiary/aromatic N) is 2. The molecule has 0 radical (unpaired) electrons. The number of ether oxygens (including phenoxy) is 2. The van der Waals surface area contributed by atoms with Crippen molar-refractivity contribution in [1.29, 1.82) is 0 Å². The molecule has 1 fully saturated rings. The molecule has 8 nitrogen and oxygen atoms in total. The Morgan fingerprint density at radius 1 is 1.43 bits per heavy atom. The van der Waals surface area contributed by atoms with E-state index in [4.69, 9.17) is 14.6 Å². The number of hydrogen-bond donors (Lipinski definition) is 2. The van der Waals surface area contributed by atoms with Gasteiger partial charge in [0.2, 0.25) is 5.91 Å². The summed E-state index contributed by atoms with van der Waals surface area (Å²) in [7, 11) is 3.05. The van der Waals surface area contributed by atoms with Crippen molar-refractivity contribution in [3.63, 3.8) is 0 Å². The molecular formula is C14H15N3O5S. The predicted molar refractivity (Wildman–Crippen MR) is 86.3 cm³/mol. The molecule has 122 valence electrons. The van der Waals surface area contributed by atoms with Crippen LogP contribution in [0.25, 0.3) is 0 Å². The molecule has 1 saturated heterocycles. The van der Waals surface area contributed by atoms with Gasteiger partial charge in [-0.2, -0.15) is 5.10 Å². The van der Waals surface area contributed by atoms with Crippen molar-refractivity contribution in [1.82, 2.24) is 5.32 Å². The lowest BCUT2D eigenvalue weighted by atomic mass is 10.2. The molecule has 1 amide bonds. The second-order valence-electron chi connectivity index (χ2n) is 4.43. The predicted octanol–water partition coefficient (Wildman–Crippen LogP) is 1.10. The van der Waals surface area contributed by atoms with Crippen molar-refractivity contribution in [2.24, 2.45) is 10.2 Å². The quantitative estimate of drug-likeness (QED) is 0.594. The number of benzene rings is 1. The highest BCUT2D eigenvalue weighted by Gasteiger charge is 2.32. The second kappa shape index (κ2) is 7.63. The number of aliphatic carboxylic acids is 1. The van der Waals surface area contributed by atoms with Crippen molar-refractivity contribution in [2.45, 2.75) is 11.7 Å². The molecule has 1 aliphatic heterocycles. The van der Waals surface area contributed by atoms with E-state index in [1.807, 2.05) is 0 Å². The van der Waals surface area contributed by atoms with Crippen LogP contribution in [-0.2, 0) is 9.59 Å². The van der Waals surface area contributed by atoms with Gasteiger partial charge in [-0.3, -0.25) is 9.59 Å². The van der Waals surface area contributed by atoms with Crippen LogP contribution in [0.3, 0.4) is 0 Å². The number of carbonyl (C=O) groups is 2. The van der Waals surface area contributed by atoms with Crippen molar-refractivity contribution in [3.8, 4) is 11.5 Å². The maximum absolute atomic E-state index is 11.6. The number of carboxylic acids is 1. The topological polar surface area (TPSA) is 110 Å². The number of amidine groups is 1. The van der Waals surface area contributed by atoms with Gasteiger partial charge < -0.3 is 19.9 Å². The van der Waals surface area contributed by atoms with E-state index in [0.717, 1.165) is 11.8 Å². The number of methoxy groups -OCH3 is 2. The van der Waals surface area contributed by atoms with Crippen LogP contribution in [0.5, 0.6) is 11.5 Å². The number of carboxylic acid groups (broad SMARTS) is 1. The number of hydrogen-bond acceptors (Lipinski definition) is 7. The summed E-state index contributed by atoms with van der Waals surface area (Å²) in [5.74, 6) is -0.339. The van der Waals surface area contributed by atoms with Crippen molar-refractivity contribution in [2.75, 3.05) is 14.2 Å². The normalized spacial score (nSPS) is 19.1. The van der Waals surface area contributed by atoms with Gasteiger partial charge in [0.25, 0.3) is 0 Å². The van der Waals surface area contributed by atoms with Gasteiger partial charge in [0, 0.05) is 5.56 Å². The summed E-state index contributed by atoms with van der Waals surface area (Å²) in [6.07, 6.45) is 1.20. The lowest BCUT2D eigenvalue weighted by Gasteiger charge is -2.08. The monoisotopic (exact) mass is 337 g/mol. The zero-order valence-electron chi connectivity index (χ0n) is 12.5. The van der Waals surface area contributed by atoms with Crippen LogP contribution in [0.4, 0.5) is 0 Å². The van der Waals surface area contributed by atoms with E-state index in [2.05, 4.69) is 15.5 Å². The van der Waals surface area contributed by atoms with E-state index in [1.165, 1.54) is 20.4 Å². The highest BCUT2D eigenvalue weighted by atomic mass is 32.2. The Labute approximate surface area is 136 Å². The van der Waals surface area contributed by atoms with Crippen LogP contribution in [0.1, 0.15) is 12.0 Å². The van der Waals surface area contributed by atoms with Crippen molar-refractivity contribution < 1.29 is 24.2 Å². The van der Waals surface area contributed by atoms with Crippen LogP contribution in [0, 0.1) is 0 Å². The maximum Gasteiger partial charge on any atom is 0.305 e. The summed E-state index contributed by atoms with van der Waals surface area (Å²) >= 11 is 1.04. The molecule has 9 heteroatoms. The van der Waals surface area contributed by atoms with Gasteiger partial charge >= 0.3 is 5.97 Å². The lowest BCUT2D eigenvalue weighted by Crippen LogP contribution is -2.26. The SMILES string of the molecule is COc1cccc(C=N/N=C2\NC(=O)C(CC(=O)O)S2)c1OC. The van der Waals surface area contributed by atoms with E-state index >= 15 is 0 Å². The minimum absolute atomic E-state index is 0.261. The average molecular weight is 337 g/mol. The molecule has 0 aliphatic carbocycles. The third kappa shape index (κ3) is 4.22. The number of thioether (sulfide) groups is 1. The molecule has 0 saturated carbocycles. The minimum atomic E-state index is -1.04. The van der Waals surface area contributed by atoms with E-state index in [0.29, 0.717) is 17.1 Å². The van der Waals surface area contributed by atoms with E-state index in [1.54, 1.807) is 18.2 Å². The number of para-hydroxylation sites is 1. The van der Waals surface area contributed by atoms with E-state index in [9.17, 15) is 9.59 Å². The van der Waals surface area contributed by atoms with Gasteiger partial charge in [-0.1, -0.05) is 17.8 Å². The van der Waals surface area contributed by atoms with Gasteiger partial charge in [0.05, 0.1) is 26.9 Å². The molecule has 2 N–H and O–H groups in total. The summed E-state index contributed by atoms with van der Waals surface area (Å²) < 4.78 is 10.4. The largest absolute Gasteiger partial charge is 0.493 e. The van der Waals surface area contributed by atoms with Gasteiger partial charge in [-0.15, -0.1) is 5.10 Å². The van der Waals surface area contributed by atoms with E-state index < -0.39 is 11.2 Å². The lowest BCUT2D eigenvalue weighted by molar-refractivity contribution is -0.138. The fraction of sp³-hybridized carbons (Fsp3) is 0.286. The Bertz CT molecular complexity index is 674. The number of rotatable bonds is 6. The zero-order chi connectivity index (χ0) is 16.8. The highest BCUT2D eigenvalue weighted by molar-refractivity contribution is 8.15. The Kier molecular flexibility index (Phi) is 5.58. The summed E-state index contributed by atoms with van der Waals surface area (Å²) in [4.78, 5) is 22.2. The summed E-state index contributed by atoms with van der Waals surface area (Å²) in [5, 5.41) is 18.6. The molecule has 23 heavy (non-hydrogen) atoms. The van der Waals surface area contributed by atoms with Crippen LogP contribution in [-0.4, -0.2) is 47.8 Å². The van der Waals surface area contributed by atoms with Crippen LogP contribution in [0.15, 0.2) is 28.4 Å². The fourth-order valence-electron chi connectivity index (χ4n) is 1.90. The Morgan fingerprint density at radius 3 is 2.87 bits per heavy atom. The standard InChI is InChI=1S/C14H15N3O5S/c1-21-9-5-3-4-8(12(9)22-2)7-15-17-14-16-13(20)10(23-14)6-11(18)19/h3-5,7,10H,6H2,1-2H3,(H,18,19)(H,16,17,20). The van der Waals surface area contributed by atoms with Crippen molar-refractivity contribution in [3.05, 3.63) is 23.8 Å². The van der Waals surface area contributed by atoms with E-state index in [-0.39, 0.29) is 17.5 Å². The zero-order valence-corrected chi connectivity index (χ0v) is 13.3. The molecule has 0 aromatic heterocycles. The molecular weight excluding hydrogens is 322 g/mol. The Balaban J connectivity index is 2.10. The smallest absolute Gasteiger partial charge is 0.305 e. The van der Waals surface area contributed by atoms with Gasteiger partial charge in [-0.05, 0) is 12.1 Å². The van der Waals surface area contributed by atoms with Crippen LogP contribution in [0.2, 0.25) is 0 Å². The first kappa shape index (κ1) is 16.8. The Morgan fingerprint density at radius 2 is 2.22 bits per heavy atom. The van der Waals surface area contributed by atoms with Crippen molar-refractivity contribution >= 4 is 35.0 Å². The Hall–Kier alpha value is -2.55. The van der Waals surface area contributed by atoms with Crippen LogP contribution >= 0.6 is 11.8 Å². The molecule has 1 heterocycles. The molecule has 1 unspecified atom stereocenters. The summed E-state index contributed by atoms with van der Waals surface area (Å²) in [6.45, 7) is 0. The van der Waals surface area contributed by atoms with Crippen LogP contribution < -0.4 is 14.8 Å². The first-order chi connectivity index (χ1) is 11.0. The van der Waals surface area contributed by atoms with Gasteiger partial charge in [-0.25, -0.2) is 0 Å². The van der Waals surface area contributed by atoms with Gasteiger partial charge in [0.15, 0.2) is 16.7 Å².